The molecule has 0 heterocycles. The minimum absolute atomic E-state index is 0.137. The molecule has 0 radical (unpaired) electrons. The van der Waals surface area contributed by atoms with Gasteiger partial charge in [0.05, 0.1) is 11.9 Å². The molecule has 2 rings (SSSR count). The second-order valence-corrected chi connectivity index (χ2v) is 8.81. The molecule has 0 aliphatic heterocycles. The summed E-state index contributed by atoms with van der Waals surface area (Å²) >= 11 is 0. The van der Waals surface area contributed by atoms with Gasteiger partial charge >= 0.3 is 0 Å². The minimum atomic E-state index is -3.61. The predicted molar refractivity (Wildman–Crippen MR) is 107 cm³/mol. The third-order valence-corrected chi connectivity index (χ3v) is 5.15. The van der Waals surface area contributed by atoms with E-state index >= 15 is 0 Å². The maximum Gasteiger partial charge on any atom is 0.245 e. The van der Waals surface area contributed by atoms with E-state index in [1.807, 2.05) is 58.0 Å². The van der Waals surface area contributed by atoms with E-state index in [1.54, 1.807) is 12.1 Å². The van der Waals surface area contributed by atoms with E-state index in [4.69, 9.17) is 0 Å². The Morgan fingerprint density at radius 1 is 1.08 bits per heavy atom. The van der Waals surface area contributed by atoms with Gasteiger partial charge < -0.3 is 5.32 Å². The molecule has 0 aliphatic rings. The molecule has 0 saturated heterocycles. The number of aryl methyl sites for hydroxylation is 2. The Morgan fingerprint density at radius 2 is 1.65 bits per heavy atom. The lowest BCUT2D eigenvalue weighted by molar-refractivity contribution is -0.114. The molecule has 2 aromatic rings. The fourth-order valence-corrected chi connectivity index (χ4v) is 3.84. The fourth-order valence-electron chi connectivity index (χ4n) is 2.96. The molecule has 0 saturated carbocycles. The number of amides is 1. The van der Waals surface area contributed by atoms with Crippen LogP contribution < -0.4 is 9.62 Å². The molecule has 0 unspecified atom stereocenters. The molecule has 0 atom stereocenters. The number of benzene rings is 2. The van der Waals surface area contributed by atoms with Crippen LogP contribution in [0.15, 0.2) is 42.5 Å². The van der Waals surface area contributed by atoms with Crippen molar-refractivity contribution in [3.8, 4) is 0 Å². The molecule has 0 spiro atoms. The van der Waals surface area contributed by atoms with Gasteiger partial charge in [0.2, 0.25) is 15.9 Å². The first-order valence-corrected chi connectivity index (χ1v) is 10.4. The summed E-state index contributed by atoms with van der Waals surface area (Å²) in [6, 6.07) is 13.0. The van der Waals surface area contributed by atoms with Gasteiger partial charge in [-0.25, -0.2) is 8.42 Å². The second-order valence-electron chi connectivity index (χ2n) is 6.91. The minimum Gasteiger partial charge on any atom is -0.324 e. The van der Waals surface area contributed by atoms with Gasteiger partial charge in [0, 0.05) is 5.69 Å². The monoisotopic (exact) mass is 374 g/mol. The zero-order valence-electron chi connectivity index (χ0n) is 15.9. The van der Waals surface area contributed by atoms with Crippen molar-refractivity contribution >= 4 is 27.3 Å². The standard InChI is InChI=1S/C20H26N2O3S/c1-14(2)18-8-6-7-9-19(18)22(26(5,24)25)13-20(23)21-17-11-15(3)10-16(4)12-17/h6-12,14H,13H2,1-5H3,(H,21,23). The summed E-state index contributed by atoms with van der Waals surface area (Å²) in [7, 11) is -3.61. The summed E-state index contributed by atoms with van der Waals surface area (Å²) in [5.41, 5.74) is 4.16. The lowest BCUT2D eigenvalue weighted by atomic mass is 10.0. The average molecular weight is 375 g/mol. The third kappa shape index (κ3) is 5.08. The van der Waals surface area contributed by atoms with E-state index in [-0.39, 0.29) is 18.4 Å². The van der Waals surface area contributed by atoms with Crippen molar-refractivity contribution in [2.45, 2.75) is 33.6 Å². The van der Waals surface area contributed by atoms with Crippen molar-refractivity contribution in [2.75, 3.05) is 22.4 Å². The Labute approximate surface area is 156 Å². The lowest BCUT2D eigenvalue weighted by Gasteiger charge is -2.25. The van der Waals surface area contributed by atoms with Crippen LogP contribution in [0.4, 0.5) is 11.4 Å². The Bertz CT molecular complexity index is 885. The van der Waals surface area contributed by atoms with E-state index in [1.165, 1.54) is 4.31 Å². The highest BCUT2D eigenvalue weighted by atomic mass is 32.2. The smallest absolute Gasteiger partial charge is 0.245 e. The van der Waals surface area contributed by atoms with Crippen LogP contribution in [0.3, 0.4) is 0 Å². The number of sulfonamides is 1. The Kier molecular flexibility index (Phi) is 6.08. The first-order valence-electron chi connectivity index (χ1n) is 8.52. The van der Waals surface area contributed by atoms with Gasteiger partial charge in [0.15, 0.2) is 0 Å². The number of hydrogen-bond donors (Lipinski definition) is 1. The van der Waals surface area contributed by atoms with Crippen LogP contribution in [0.25, 0.3) is 0 Å². The van der Waals surface area contributed by atoms with Gasteiger partial charge in [0.1, 0.15) is 6.54 Å². The third-order valence-electron chi connectivity index (χ3n) is 4.02. The lowest BCUT2D eigenvalue weighted by Crippen LogP contribution is -2.38. The molecule has 5 nitrogen and oxygen atoms in total. The van der Waals surface area contributed by atoms with E-state index < -0.39 is 10.0 Å². The zero-order valence-corrected chi connectivity index (χ0v) is 16.7. The van der Waals surface area contributed by atoms with E-state index in [9.17, 15) is 13.2 Å². The summed E-state index contributed by atoms with van der Waals surface area (Å²) in [5, 5.41) is 2.80. The number of carbonyl (C=O) groups excluding carboxylic acids is 1. The van der Waals surface area contributed by atoms with Gasteiger partial charge in [-0.1, -0.05) is 38.1 Å². The number of nitrogens with zero attached hydrogens (tertiary/aromatic N) is 1. The van der Waals surface area contributed by atoms with Crippen LogP contribution in [0.5, 0.6) is 0 Å². The second kappa shape index (κ2) is 7.91. The van der Waals surface area contributed by atoms with Gasteiger partial charge in [-0.15, -0.1) is 0 Å². The van der Waals surface area contributed by atoms with Crippen LogP contribution in [-0.2, 0) is 14.8 Å². The summed E-state index contributed by atoms with van der Waals surface area (Å²) in [6.45, 7) is 7.62. The first-order chi connectivity index (χ1) is 12.1. The SMILES string of the molecule is Cc1cc(C)cc(NC(=O)CN(c2ccccc2C(C)C)S(C)(=O)=O)c1. The van der Waals surface area contributed by atoms with Crippen molar-refractivity contribution in [1.29, 1.82) is 0 Å². The van der Waals surface area contributed by atoms with E-state index in [0.29, 0.717) is 11.4 Å². The van der Waals surface area contributed by atoms with Gasteiger partial charge in [-0.2, -0.15) is 0 Å². The molecule has 1 amide bonds. The predicted octanol–water partition coefficient (Wildman–Crippen LogP) is 3.83. The Morgan fingerprint density at radius 3 is 2.19 bits per heavy atom. The summed E-state index contributed by atoms with van der Waals surface area (Å²) in [4.78, 5) is 12.5. The molecular weight excluding hydrogens is 348 g/mol. The molecule has 26 heavy (non-hydrogen) atoms. The normalized spacial score (nSPS) is 11.5. The molecular formula is C20H26N2O3S. The van der Waals surface area contributed by atoms with Crippen LogP contribution >= 0.6 is 0 Å². The number of carbonyl (C=O) groups is 1. The van der Waals surface area contributed by atoms with Crippen molar-refractivity contribution in [3.63, 3.8) is 0 Å². The van der Waals surface area contributed by atoms with E-state index in [0.717, 1.165) is 22.9 Å². The number of hydrogen-bond acceptors (Lipinski definition) is 3. The molecule has 2 aromatic carbocycles. The zero-order chi connectivity index (χ0) is 19.5. The van der Waals surface area contributed by atoms with Crippen LogP contribution in [-0.4, -0.2) is 27.1 Å². The Hall–Kier alpha value is -2.34. The molecule has 0 bridgehead atoms. The largest absolute Gasteiger partial charge is 0.324 e. The van der Waals surface area contributed by atoms with Crippen molar-refractivity contribution in [2.24, 2.45) is 0 Å². The number of rotatable bonds is 6. The molecule has 140 valence electrons. The molecule has 0 aliphatic carbocycles. The number of nitrogens with one attached hydrogen (secondary N) is 1. The van der Waals surface area contributed by atoms with Gasteiger partial charge in [-0.3, -0.25) is 9.10 Å². The summed E-state index contributed by atoms with van der Waals surface area (Å²) in [5.74, 6) is -0.239. The fraction of sp³-hybridized carbons (Fsp3) is 0.350. The molecule has 0 fully saturated rings. The topological polar surface area (TPSA) is 66.5 Å². The van der Waals surface area contributed by atoms with Crippen molar-refractivity contribution in [3.05, 3.63) is 59.2 Å². The summed E-state index contributed by atoms with van der Waals surface area (Å²) in [6.07, 6.45) is 1.12. The highest BCUT2D eigenvalue weighted by molar-refractivity contribution is 7.92. The average Bonchev–Trinajstić information content (AvgIpc) is 2.50. The van der Waals surface area contributed by atoms with E-state index in [2.05, 4.69) is 5.32 Å². The maximum absolute atomic E-state index is 12.5. The van der Waals surface area contributed by atoms with Crippen LogP contribution in [0.1, 0.15) is 36.5 Å². The molecule has 6 heteroatoms. The van der Waals surface area contributed by atoms with Crippen LogP contribution in [0, 0.1) is 13.8 Å². The molecule has 1 N–H and O–H groups in total. The number of anilines is 2. The summed E-state index contributed by atoms with van der Waals surface area (Å²) < 4.78 is 25.9. The highest BCUT2D eigenvalue weighted by Crippen LogP contribution is 2.29. The number of para-hydroxylation sites is 1. The quantitative estimate of drug-likeness (QED) is 0.835. The highest BCUT2D eigenvalue weighted by Gasteiger charge is 2.24. The van der Waals surface area contributed by atoms with Crippen molar-refractivity contribution < 1.29 is 13.2 Å². The van der Waals surface area contributed by atoms with Gasteiger partial charge in [-0.05, 0) is 54.7 Å². The molecule has 0 aromatic heterocycles. The maximum atomic E-state index is 12.5. The van der Waals surface area contributed by atoms with Crippen LogP contribution in [0.2, 0.25) is 0 Å². The Balaban J connectivity index is 2.31. The van der Waals surface area contributed by atoms with Crippen molar-refractivity contribution in [1.82, 2.24) is 0 Å². The first kappa shape index (κ1) is 20.0. The van der Waals surface area contributed by atoms with Gasteiger partial charge in [0.25, 0.3) is 0 Å².